The summed E-state index contributed by atoms with van der Waals surface area (Å²) in [6.07, 6.45) is 1.88. The van der Waals surface area contributed by atoms with Crippen molar-refractivity contribution in [2.75, 3.05) is 0 Å². The van der Waals surface area contributed by atoms with E-state index in [1.807, 2.05) is 0 Å². The molecular weight excluding hydrogens is 205 g/mol. The number of nitrogens with zero attached hydrogens (tertiary/aromatic N) is 1. The SMILES string of the molecule is CCC(Sc1ncccc1F)C(=O)O. The van der Waals surface area contributed by atoms with Crippen molar-refractivity contribution in [1.82, 2.24) is 4.98 Å². The number of hydrogen-bond donors (Lipinski definition) is 1. The van der Waals surface area contributed by atoms with Gasteiger partial charge < -0.3 is 5.11 Å². The van der Waals surface area contributed by atoms with E-state index in [-0.39, 0.29) is 5.03 Å². The molecule has 0 amide bonds. The van der Waals surface area contributed by atoms with Gasteiger partial charge in [0.15, 0.2) is 5.82 Å². The molecule has 76 valence electrons. The van der Waals surface area contributed by atoms with Crippen LogP contribution in [0.4, 0.5) is 4.39 Å². The molecule has 0 aliphatic heterocycles. The predicted molar refractivity (Wildman–Crippen MR) is 51.8 cm³/mol. The highest BCUT2D eigenvalue weighted by Crippen LogP contribution is 2.25. The zero-order valence-corrected chi connectivity index (χ0v) is 8.42. The summed E-state index contributed by atoms with van der Waals surface area (Å²) < 4.78 is 13.1. The number of thioether (sulfide) groups is 1. The molecule has 0 saturated heterocycles. The van der Waals surface area contributed by atoms with E-state index < -0.39 is 17.0 Å². The summed E-state index contributed by atoms with van der Waals surface area (Å²) >= 11 is 0.938. The first kappa shape index (κ1) is 11.0. The molecule has 0 fully saturated rings. The standard InChI is InChI=1S/C9H10FNO2S/c1-2-7(9(12)13)14-8-6(10)4-3-5-11-8/h3-5,7H,2H2,1H3,(H,12,13). The molecule has 5 heteroatoms. The second-order valence-electron chi connectivity index (χ2n) is 2.64. The fourth-order valence-corrected chi connectivity index (χ4v) is 1.74. The monoisotopic (exact) mass is 215 g/mol. The van der Waals surface area contributed by atoms with Crippen molar-refractivity contribution >= 4 is 17.7 Å². The van der Waals surface area contributed by atoms with Gasteiger partial charge in [-0.25, -0.2) is 9.37 Å². The molecule has 1 rings (SSSR count). The van der Waals surface area contributed by atoms with E-state index >= 15 is 0 Å². The molecule has 1 aromatic rings. The normalized spacial score (nSPS) is 12.4. The fourth-order valence-electron chi connectivity index (χ4n) is 0.901. The van der Waals surface area contributed by atoms with Crippen LogP contribution in [0.2, 0.25) is 0 Å². The summed E-state index contributed by atoms with van der Waals surface area (Å²) in [5.41, 5.74) is 0. The Hall–Kier alpha value is -1.10. The summed E-state index contributed by atoms with van der Waals surface area (Å²) in [4.78, 5) is 14.4. The van der Waals surface area contributed by atoms with Gasteiger partial charge in [-0.3, -0.25) is 4.79 Å². The fraction of sp³-hybridized carbons (Fsp3) is 0.333. The van der Waals surface area contributed by atoms with Crippen LogP contribution in [-0.2, 0) is 4.79 Å². The second kappa shape index (κ2) is 4.95. The van der Waals surface area contributed by atoms with Crippen LogP contribution in [0.5, 0.6) is 0 Å². The molecular formula is C9H10FNO2S. The van der Waals surface area contributed by atoms with Crippen molar-refractivity contribution in [3.63, 3.8) is 0 Å². The average molecular weight is 215 g/mol. The molecule has 3 nitrogen and oxygen atoms in total. The molecule has 0 aromatic carbocycles. The molecule has 0 saturated carbocycles. The number of carboxylic acids is 1. The Morgan fingerprint density at radius 3 is 3.00 bits per heavy atom. The third kappa shape index (κ3) is 2.70. The maximum Gasteiger partial charge on any atom is 0.317 e. The van der Waals surface area contributed by atoms with E-state index in [2.05, 4.69) is 4.98 Å². The smallest absolute Gasteiger partial charge is 0.317 e. The summed E-state index contributed by atoms with van der Waals surface area (Å²) in [5.74, 6) is -1.42. The van der Waals surface area contributed by atoms with Crippen LogP contribution in [0.1, 0.15) is 13.3 Å². The van der Waals surface area contributed by atoms with Gasteiger partial charge in [0.1, 0.15) is 10.3 Å². The highest BCUT2D eigenvalue weighted by molar-refractivity contribution is 8.00. The van der Waals surface area contributed by atoms with Gasteiger partial charge in [-0.2, -0.15) is 0 Å². The quantitative estimate of drug-likeness (QED) is 0.782. The Balaban J connectivity index is 2.77. The van der Waals surface area contributed by atoms with Gasteiger partial charge in [-0.05, 0) is 18.6 Å². The number of carboxylic acid groups (broad SMARTS) is 1. The summed E-state index contributed by atoms with van der Waals surface area (Å²) in [6.45, 7) is 1.74. The Morgan fingerprint density at radius 1 is 1.79 bits per heavy atom. The Labute approximate surface area is 85.4 Å². The molecule has 1 aromatic heterocycles. The first-order valence-corrected chi connectivity index (χ1v) is 5.03. The van der Waals surface area contributed by atoms with E-state index in [9.17, 15) is 9.18 Å². The Bertz CT molecular complexity index is 332. The lowest BCUT2D eigenvalue weighted by molar-refractivity contribution is -0.136. The number of carbonyl (C=O) groups is 1. The van der Waals surface area contributed by atoms with Gasteiger partial charge in [0, 0.05) is 6.20 Å². The van der Waals surface area contributed by atoms with E-state index in [1.165, 1.54) is 18.3 Å². The van der Waals surface area contributed by atoms with Crippen molar-refractivity contribution in [3.05, 3.63) is 24.1 Å². The molecule has 1 heterocycles. The molecule has 0 aliphatic rings. The Morgan fingerprint density at radius 2 is 2.50 bits per heavy atom. The number of aromatic nitrogens is 1. The Kier molecular flexibility index (Phi) is 3.88. The highest BCUT2D eigenvalue weighted by Gasteiger charge is 2.18. The maximum atomic E-state index is 13.1. The van der Waals surface area contributed by atoms with Crippen molar-refractivity contribution in [3.8, 4) is 0 Å². The number of halogens is 1. The lowest BCUT2D eigenvalue weighted by Crippen LogP contribution is -2.15. The number of pyridine rings is 1. The lowest BCUT2D eigenvalue weighted by Gasteiger charge is -2.08. The molecule has 1 atom stereocenters. The third-order valence-corrected chi connectivity index (χ3v) is 2.97. The predicted octanol–water partition coefficient (Wildman–Crippen LogP) is 2.18. The summed E-state index contributed by atoms with van der Waals surface area (Å²) in [6, 6.07) is 2.74. The average Bonchev–Trinajstić information content (AvgIpc) is 2.16. The van der Waals surface area contributed by atoms with Crippen molar-refractivity contribution < 1.29 is 14.3 Å². The first-order valence-electron chi connectivity index (χ1n) is 4.15. The molecule has 0 spiro atoms. The molecule has 0 bridgehead atoms. The number of rotatable bonds is 4. The maximum absolute atomic E-state index is 13.1. The van der Waals surface area contributed by atoms with E-state index in [0.29, 0.717) is 6.42 Å². The molecule has 14 heavy (non-hydrogen) atoms. The van der Waals surface area contributed by atoms with Gasteiger partial charge in [-0.15, -0.1) is 0 Å². The van der Waals surface area contributed by atoms with Crippen LogP contribution < -0.4 is 0 Å². The van der Waals surface area contributed by atoms with Gasteiger partial charge in [0.05, 0.1) is 0 Å². The zero-order valence-electron chi connectivity index (χ0n) is 7.61. The van der Waals surface area contributed by atoms with Crippen LogP contribution in [0, 0.1) is 5.82 Å². The van der Waals surface area contributed by atoms with Crippen molar-refractivity contribution in [2.24, 2.45) is 0 Å². The number of hydrogen-bond acceptors (Lipinski definition) is 3. The molecule has 1 N–H and O–H groups in total. The minimum absolute atomic E-state index is 0.141. The van der Waals surface area contributed by atoms with Crippen LogP contribution in [0.3, 0.4) is 0 Å². The van der Waals surface area contributed by atoms with Crippen molar-refractivity contribution in [1.29, 1.82) is 0 Å². The van der Waals surface area contributed by atoms with Crippen LogP contribution in [0.25, 0.3) is 0 Å². The summed E-state index contributed by atoms with van der Waals surface area (Å²) in [7, 11) is 0. The topological polar surface area (TPSA) is 50.2 Å². The molecule has 0 radical (unpaired) electrons. The van der Waals surface area contributed by atoms with Gasteiger partial charge in [0.25, 0.3) is 0 Å². The largest absolute Gasteiger partial charge is 0.480 e. The van der Waals surface area contributed by atoms with Gasteiger partial charge in [0.2, 0.25) is 0 Å². The first-order chi connectivity index (χ1) is 6.65. The van der Waals surface area contributed by atoms with E-state index in [4.69, 9.17) is 5.11 Å². The second-order valence-corrected chi connectivity index (χ2v) is 3.83. The summed E-state index contributed by atoms with van der Waals surface area (Å²) in [5, 5.41) is 8.26. The van der Waals surface area contributed by atoms with Crippen molar-refractivity contribution in [2.45, 2.75) is 23.6 Å². The molecule has 1 unspecified atom stereocenters. The minimum Gasteiger partial charge on any atom is -0.480 e. The van der Waals surface area contributed by atoms with Gasteiger partial charge >= 0.3 is 5.97 Å². The lowest BCUT2D eigenvalue weighted by atomic mass is 10.3. The van der Waals surface area contributed by atoms with E-state index in [0.717, 1.165) is 11.8 Å². The van der Waals surface area contributed by atoms with Crippen LogP contribution in [0.15, 0.2) is 23.4 Å². The zero-order chi connectivity index (χ0) is 10.6. The van der Waals surface area contributed by atoms with Crippen LogP contribution >= 0.6 is 11.8 Å². The number of aliphatic carboxylic acids is 1. The van der Waals surface area contributed by atoms with Gasteiger partial charge in [-0.1, -0.05) is 18.7 Å². The third-order valence-electron chi connectivity index (χ3n) is 1.62. The molecule has 0 aliphatic carbocycles. The van der Waals surface area contributed by atoms with E-state index in [1.54, 1.807) is 6.92 Å². The minimum atomic E-state index is -0.942. The van der Waals surface area contributed by atoms with Crippen LogP contribution in [-0.4, -0.2) is 21.3 Å². The highest BCUT2D eigenvalue weighted by atomic mass is 32.2.